The van der Waals surface area contributed by atoms with Gasteiger partial charge in [-0.05, 0) is 18.2 Å². The molecule has 13 heteroatoms. The molecule has 0 aromatic carbocycles. The van der Waals surface area contributed by atoms with E-state index in [2.05, 4.69) is 30.0 Å². The van der Waals surface area contributed by atoms with Crippen LogP contribution in [0.15, 0.2) is 30.6 Å². The Morgan fingerprint density at radius 3 is 2.72 bits per heavy atom. The van der Waals surface area contributed by atoms with Crippen LogP contribution < -0.4 is 15.4 Å². The smallest absolute Gasteiger partial charge is 0.417 e. The van der Waals surface area contributed by atoms with Gasteiger partial charge in [-0.1, -0.05) is 6.92 Å². The number of ether oxygens (including phenoxy) is 2. The second-order valence-electron chi connectivity index (χ2n) is 6.72. The summed E-state index contributed by atoms with van der Waals surface area (Å²) in [6, 6.07) is 4.26. The van der Waals surface area contributed by atoms with Gasteiger partial charge in [0.15, 0.2) is 11.6 Å². The SMILES string of the molecule is CCC(=O)Nc1cc(C(F)(F)F)cnc1Nc1nc(-c2ccc(OC3COC3)cn2)ns1. The molecule has 0 radical (unpaired) electrons. The lowest BCUT2D eigenvalue weighted by Gasteiger charge is -2.26. The maximum Gasteiger partial charge on any atom is 0.417 e. The summed E-state index contributed by atoms with van der Waals surface area (Å²) >= 11 is 0.975. The van der Waals surface area contributed by atoms with Gasteiger partial charge in [-0.3, -0.25) is 4.79 Å². The van der Waals surface area contributed by atoms with E-state index in [9.17, 15) is 18.0 Å². The highest BCUT2D eigenvalue weighted by molar-refractivity contribution is 7.09. The minimum Gasteiger partial charge on any atom is -0.484 e. The highest BCUT2D eigenvalue weighted by Gasteiger charge is 2.32. The molecule has 0 bridgehead atoms. The van der Waals surface area contributed by atoms with Crippen LogP contribution in [0.5, 0.6) is 5.75 Å². The molecule has 168 valence electrons. The van der Waals surface area contributed by atoms with Crippen molar-refractivity contribution in [3.8, 4) is 17.3 Å². The molecular weight excluding hydrogens is 449 g/mol. The van der Waals surface area contributed by atoms with Gasteiger partial charge in [0, 0.05) is 24.2 Å². The number of nitrogens with one attached hydrogen (secondary N) is 2. The molecule has 9 nitrogen and oxygen atoms in total. The van der Waals surface area contributed by atoms with Crippen molar-refractivity contribution in [3.05, 3.63) is 36.2 Å². The summed E-state index contributed by atoms with van der Waals surface area (Å²) in [5.74, 6) is 0.483. The third-order valence-corrected chi connectivity index (χ3v) is 4.97. The van der Waals surface area contributed by atoms with E-state index in [1.165, 1.54) is 0 Å². The van der Waals surface area contributed by atoms with Crippen LogP contribution in [-0.4, -0.2) is 44.6 Å². The molecule has 1 saturated heterocycles. The van der Waals surface area contributed by atoms with E-state index in [1.54, 1.807) is 25.3 Å². The zero-order valence-corrected chi connectivity index (χ0v) is 17.5. The molecule has 2 N–H and O–H groups in total. The first-order valence-electron chi connectivity index (χ1n) is 9.50. The van der Waals surface area contributed by atoms with Gasteiger partial charge in [0.25, 0.3) is 0 Å². The van der Waals surface area contributed by atoms with Crippen molar-refractivity contribution in [1.82, 2.24) is 19.3 Å². The van der Waals surface area contributed by atoms with Crippen LogP contribution >= 0.6 is 11.5 Å². The standard InChI is InChI=1S/C19H17F3N6O3S/c1-2-15(29)25-14-5-10(19(20,21)22)6-24-16(14)26-18-27-17(28-32-18)13-4-3-11(7-23-13)31-12-8-30-9-12/h3-7,12H,2,8-9H2,1H3,(H,25,29)(H,24,26,27,28). The third-order valence-electron chi connectivity index (χ3n) is 4.34. The van der Waals surface area contributed by atoms with Crippen LogP contribution in [0.3, 0.4) is 0 Å². The maximum absolute atomic E-state index is 13.0. The number of aromatic nitrogens is 4. The van der Waals surface area contributed by atoms with Gasteiger partial charge in [-0.2, -0.15) is 22.5 Å². The molecule has 0 atom stereocenters. The number of alkyl halides is 3. The number of pyridine rings is 2. The number of hydrogen-bond donors (Lipinski definition) is 2. The summed E-state index contributed by atoms with van der Waals surface area (Å²) in [5.41, 5.74) is -0.596. The summed E-state index contributed by atoms with van der Waals surface area (Å²) in [4.78, 5) is 24.1. The van der Waals surface area contributed by atoms with Gasteiger partial charge in [-0.25, -0.2) is 9.97 Å². The lowest BCUT2D eigenvalue weighted by atomic mass is 10.2. The number of amides is 1. The van der Waals surface area contributed by atoms with Gasteiger partial charge in [-0.15, -0.1) is 0 Å². The second-order valence-corrected chi connectivity index (χ2v) is 7.48. The van der Waals surface area contributed by atoms with E-state index in [0.717, 1.165) is 17.6 Å². The van der Waals surface area contributed by atoms with Crippen molar-refractivity contribution in [2.45, 2.75) is 25.6 Å². The molecule has 1 fully saturated rings. The van der Waals surface area contributed by atoms with Crippen LogP contribution in [0.1, 0.15) is 18.9 Å². The Balaban J connectivity index is 1.51. The molecule has 3 aromatic rings. The molecule has 4 rings (SSSR count). The van der Waals surface area contributed by atoms with Gasteiger partial charge in [0.1, 0.15) is 17.5 Å². The minimum atomic E-state index is -4.60. The monoisotopic (exact) mass is 466 g/mol. The number of rotatable bonds is 7. The molecule has 4 heterocycles. The molecule has 1 aliphatic rings. The van der Waals surface area contributed by atoms with Crippen molar-refractivity contribution in [3.63, 3.8) is 0 Å². The summed E-state index contributed by atoms with van der Waals surface area (Å²) < 4.78 is 54.1. The maximum atomic E-state index is 13.0. The lowest BCUT2D eigenvalue weighted by Crippen LogP contribution is -2.38. The first kappa shape index (κ1) is 21.9. The van der Waals surface area contributed by atoms with Crippen molar-refractivity contribution in [1.29, 1.82) is 0 Å². The third kappa shape index (κ3) is 5.11. The van der Waals surface area contributed by atoms with E-state index < -0.39 is 17.6 Å². The van der Waals surface area contributed by atoms with Gasteiger partial charge >= 0.3 is 6.18 Å². The molecular formula is C19H17F3N6O3S. The fourth-order valence-corrected chi connectivity index (χ4v) is 3.17. The Bertz CT molecular complexity index is 1100. The van der Waals surface area contributed by atoms with E-state index in [1.807, 2.05) is 0 Å². The molecule has 1 aliphatic heterocycles. The molecule has 0 unspecified atom stereocenters. The first-order chi connectivity index (χ1) is 15.3. The van der Waals surface area contributed by atoms with Crippen molar-refractivity contribution >= 4 is 34.1 Å². The highest BCUT2D eigenvalue weighted by atomic mass is 32.1. The van der Waals surface area contributed by atoms with Crippen molar-refractivity contribution < 1.29 is 27.4 Å². The topological polar surface area (TPSA) is 111 Å². The fourth-order valence-electron chi connectivity index (χ4n) is 2.59. The van der Waals surface area contributed by atoms with Crippen molar-refractivity contribution in [2.24, 2.45) is 0 Å². The molecule has 32 heavy (non-hydrogen) atoms. The van der Waals surface area contributed by atoms with Crippen LogP contribution in [0.2, 0.25) is 0 Å². The predicted octanol–water partition coefficient (Wildman–Crippen LogP) is 3.88. The van der Waals surface area contributed by atoms with Gasteiger partial charge in [0.2, 0.25) is 11.0 Å². The molecule has 3 aromatic heterocycles. The van der Waals surface area contributed by atoms with Crippen LogP contribution in [0.4, 0.5) is 29.8 Å². The van der Waals surface area contributed by atoms with E-state index in [0.29, 0.717) is 36.7 Å². The zero-order chi connectivity index (χ0) is 22.7. The Labute approximate surface area is 184 Å². The largest absolute Gasteiger partial charge is 0.484 e. The molecule has 0 saturated carbocycles. The van der Waals surface area contributed by atoms with Gasteiger partial charge < -0.3 is 20.1 Å². The number of carbonyl (C=O) groups is 1. The van der Waals surface area contributed by atoms with Gasteiger partial charge in [0.05, 0.1) is 30.7 Å². The quantitative estimate of drug-likeness (QED) is 0.540. The number of hydrogen-bond acceptors (Lipinski definition) is 9. The average Bonchev–Trinajstić information content (AvgIpc) is 3.20. The summed E-state index contributed by atoms with van der Waals surface area (Å²) in [7, 11) is 0. The molecule has 0 aliphatic carbocycles. The average molecular weight is 466 g/mol. The van der Waals surface area contributed by atoms with E-state index >= 15 is 0 Å². The highest BCUT2D eigenvalue weighted by Crippen LogP contribution is 2.34. The summed E-state index contributed by atoms with van der Waals surface area (Å²) in [5, 5.41) is 5.50. The Morgan fingerprint density at radius 2 is 2.09 bits per heavy atom. The summed E-state index contributed by atoms with van der Waals surface area (Å²) in [6.07, 6.45) is -2.25. The van der Waals surface area contributed by atoms with Crippen LogP contribution in [0.25, 0.3) is 11.5 Å². The Hall–Kier alpha value is -3.32. The second kappa shape index (κ2) is 9.04. The first-order valence-corrected chi connectivity index (χ1v) is 10.3. The molecule has 1 amide bonds. The van der Waals surface area contributed by atoms with Crippen LogP contribution in [-0.2, 0) is 15.7 Å². The van der Waals surface area contributed by atoms with E-state index in [4.69, 9.17) is 9.47 Å². The summed E-state index contributed by atoms with van der Waals surface area (Å²) in [6.45, 7) is 2.68. The number of halogens is 3. The lowest BCUT2D eigenvalue weighted by molar-refractivity contribution is -0.137. The number of carbonyl (C=O) groups excluding carboxylic acids is 1. The fraction of sp³-hybridized carbons (Fsp3) is 0.316. The Kier molecular flexibility index (Phi) is 6.19. The van der Waals surface area contributed by atoms with Crippen molar-refractivity contribution in [2.75, 3.05) is 23.8 Å². The normalized spacial score (nSPS) is 14.0. The zero-order valence-electron chi connectivity index (χ0n) is 16.6. The van der Waals surface area contributed by atoms with Crippen LogP contribution in [0, 0.1) is 0 Å². The minimum absolute atomic E-state index is 0.0157. The molecule has 0 spiro atoms. The number of anilines is 3. The number of nitrogens with zero attached hydrogens (tertiary/aromatic N) is 4. The van der Waals surface area contributed by atoms with E-state index in [-0.39, 0.29) is 29.2 Å². The predicted molar refractivity (Wildman–Crippen MR) is 110 cm³/mol. The Morgan fingerprint density at radius 1 is 1.28 bits per heavy atom.